The molecule has 0 radical (unpaired) electrons. The van der Waals surface area contributed by atoms with E-state index in [9.17, 15) is 27.2 Å². The van der Waals surface area contributed by atoms with Gasteiger partial charge >= 0.3 is 6.18 Å². The van der Waals surface area contributed by atoms with Crippen LogP contribution in [-0.4, -0.2) is 54.7 Å². The summed E-state index contributed by atoms with van der Waals surface area (Å²) in [6, 6.07) is 11.7. The number of nitrogens with one attached hydrogen (secondary N) is 1. The molecule has 0 aliphatic carbocycles. The van der Waals surface area contributed by atoms with Gasteiger partial charge in [-0.1, -0.05) is 54.1 Å². The van der Waals surface area contributed by atoms with Crippen LogP contribution in [0.15, 0.2) is 48.5 Å². The fourth-order valence-electron chi connectivity index (χ4n) is 5.16. The summed E-state index contributed by atoms with van der Waals surface area (Å²) in [5, 5.41) is 9.78. The third-order valence-electron chi connectivity index (χ3n) is 6.89. The maximum absolute atomic E-state index is 14.1. The van der Waals surface area contributed by atoms with E-state index in [2.05, 4.69) is 5.32 Å². The number of carbonyl (C=O) groups is 2. The maximum atomic E-state index is 14.1. The number of rotatable bonds is 3. The van der Waals surface area contributed by atoms with Gasteiger partial charge in [-0.3, -0.25) is 9.59 Å². The lowest BCUT2D eigenvalue weighted by molar-refractivity contribution is -0.173. The monoisotopic (exact) mass is 514 g/mol. The molecule has 4 rings (SSSR count). The van der Waals surface area contributed by atoms with Gasteiger partial charge in [0.25, 0.3) is 0 Å². The first-order chi connectivity index (χ1) is 16.6. The van der Waals surface area contributed by atoms with Gasteiger partial charge in [0.15, 0.2) is 5.92 Å². The zero-order chi connectivity index (χ0) is 25.8. The van der Waals surface area contributed by atoms with Crippen LogP contribution < -0.4 is 5.32 Å². The number of likely N-dealkylation sites (tertiary alicyclic amines) is 1. The fraction of sp³-hybridized carbons (Fsp3) is 0.440. The Balaban J connectivity index is 0.00000167. The van der Waals surface area contributed by atoms with E-state index in [1.54, 1.807) is 18.2 Å². The quantitative estimate of drug-likeness (QED) is 0.586. The molecule has 0 aromatic heterocycles. The van der Waals surface area contributed by atoms with Crippen molar-refractivity contribution >= 4 is 23.4 Å². The number of halogens is 5. The van der Waals surface area contributed by atoms with E-state index < -0.39 is 29.2 Å². The molecule has 2 aromatic carbocycles. The normalized spacial score (nSPS) is 20.5. The second-order valence-corrected chi connectivity index (χ2v) is 9.13. The largest absolute Gasteiger partial charge is 0.404 e. The highest BCUT2D eigenvalue weighted by Gasteiger charge is 2.51. The summed E-state index contributed by atoms with van der Waals surface area (Å²) in [5.74, 6) is -4.27. The standard InChI is InChI=1S/C24H23ClF4N2O2.CH4O/c25-21-16(7-4-8-18(21)26)17-14-30-19(32)13-23(17)9-11-31(12-10-23)22(33)20(24(27,28)29)15-5-2-1-3-6-15;1-2/h1-8,17,20H,9-14H2,(H,30,32);2H,1H3. The average Bonchev–Trinajstić information content (AvgIpc) is 2.83. The molecular formula is C25H27ClF4N2O3. The number of nitrogens with zero attached hydrogens (tertiary/aromatic N) is 1. The minimum atomic E-state index is -4.73. The molecule has 10 heteroatoms. The van der Waals surface area contributed by atoms with Crippen molar-refractivity contribution in [1.82, 2.24) is 10.2 Å². The SMILES string of the molecule is CO.O=C1CC2(CCN(C(=O)C(c3ccccc3)C(F)(F)F)CC2)C(c2cccc(F)c2Cl)CN1. The molecule has 0 bridgehead atoms. The maximum Gasteiger partial charge on any atom is 0.404 e. The second kappa shape index (κ2) is 11.0. The van der Waals surface area contributed by atoms with Crippen LogP contribution in [0.3, 0.4) is 0 Å². The number of benzene rings is 2. The Labute approximate surface area is 206 Å². The van der Waals surface area contributed by atoms with Crippen molar-refractivity contribution in [2.75, 3.05) is 26.7 Å². The minimum Gasteiger partial charge on any atom is -0.400 e. The first-order valence-corrected chi connectivity index (χ1v) is 11.6. The molecule has 35 heavy (non-hydrogen) atoms. The Morgan fingerprint density at radius 2 is 1.74 bits per heavy atom. The number of hydrogen-bond acceptors (Lipinski definition) is 3. The van der Waals surface area contributed by atoms with E-state index in [1.807, 2.05) is 0 Å². The van der Waals surface area contributed by atoms with Crippen molar-refractivity contribution in [1.29, 1.82) is 0 Å². The number of aliphatic hydroxyl groups is 1. The predicted molar refractivity (Wildman–Crippen MR) is 123 cm³/mol. The zero-order valence-corrected chi connectivity index (χ0v) is 19.9. The number of carbonyl (C=O) groups excluding carboxylic acids is 2. The van der Waals surface area contributed by atoms with Crippen LogP contribution in [0.4, 0.5) is 17.6 Å². The highest BCUT2D eigenvalue weighted by Crippen LogP contribution is 2.51. The highest BCUT2D eigenvalue weighted by molar-refractivity contribution is 6.31. The highest BCUT2D eigenvalue weighted by atomic mass is 35.5. The van der Waals surface area contributed by atoms with Crippen LogP contribution in [-0.2, 0) is 9.59 Å². The summed E-state index contributed by atoms with van der Waals surface area (Å²) in [7, 11) is 1.00. The number of hydrogen-bond donors (Lipinski definition) is 2. The molecule has 2 unspecified atom stereocenters. The van der Waals surface area contributed by atoms with Gasteiger partial charge in [0.2, 0.25) is 11.8 Å². The lowest BCUT2D eigenvalue weighted by Gasteiger charge is -2.49. The van der Waals surface area contributed by atoms with Crippen molar-refractivity contribution in [3.8, 4) is 0 Å². The van der Waals surface area contributed by atoms with Gasteiger partial charge < -0.3 is 15.3 Å². The van der Waals surface area contributed by atoms with E-state index in [0.29, 0.717) is 18.4 Å². The van der Waals surface area contributed by atoms with E-state index in [-0.39, 0.29) is 48.5 Å². The summed E-state index contributed by atoms with van der Waals surface area (Å²) in [6.07, 6.45) is -3.93. The average molecular weight is 515 g/mol. The molecule has 2 fully saturated rings. The molecule has 1 spiro atoms. The molecule has 0 saturated carbocycles. The molecule has 2 atom stereocenters. The van der Waals surface area contributed by atoms with Gasteiger partial charge in [-0.2, -0.15) is 13.2 Å². The fourth-order valence-corrected chi connectivity index (χ4v) is 5.42. The molecule has 2 aliphatic rings. The summed E-state index contributed by atoms with van der Waals surface area (Å²) in [5.41, 5.74) is -0.151. The zero-order valence-electron chi connectivity index (χ0n) is 19.1. The van der Waals surface area contributed by atoms with Crippen LogP contribution in [0, 0.1) is 11.2 Å². The topological polar surface area (TPSA) is 69.6 Å². The molecule has 2 N–H and O–H groups in total. The van der Waals surface area contributed by atoms with Crippen molar-refractivity contribution in [3.63, 3.8) is 0 Å². The van der Waals surface area contributed by atoms with E-state index in [1.165, 1.54) is 35.2 Å². The van der Waals surface area contributed by atoms with Gasteiger partial charge in [-0.25, -0.2) is 4.39 Å². The molecule has 2 saturated heterocycles. The van der Waals surface area contributed by atoms with Crippen molar-refractivity contribution in [2.24, 2.45) is 5.41 Å². The molecule has 2 heterocycles. The van der Waals surface area contributed by atoms with Gasteiger partial charge in [0.1, 0.15) is 5.82 Å². The Morgan fingerprint density at radius 1 is 1.11 bits per heavy atom. The third-order valence-corrected chi connectivity index (χ3v) is 7.29. The number of alkyl halides is 3. The van der Waals surface area contributed by atoms with E-state index >= 15 is 0 Å². The Hall–Kier alpha value is -2.65. The van der Waals surface area contributed by atoms with Gasteiger partial charge in [-0.05, 0) is 35.4 Å². The van der Waals surface area contributed by atoms with Crippen molar-refractivity contribution in [2.45, 2.75) is 37.3 Å². The summed E-state index contributed by atoms with van der Waals surface area (Å²) in [6.45, 7) is 0.412. The molecule has 2 amide bonds. The van der Waals surface area contributed by atoms with Gasteiger partial charge in [0, 0.05) is 39.1 Å². The van der Waals surface area contributed by atoms with Crippen molar-refractivity contribution < 1.29 is 32.3 Å². The number of aliphatic hydroxyl groups excluding tert-OH is 1. The smallest absolute Gasteiger partial charge is 0.400 e. The first-order valence-electron chi connectivity index (χ1n) is 11.2. The van der Waals surface area contributed by atoms with Crippen LogP contribution >= 0.6 is 11.6 Å². The van der Waals surface area contributed by atoms with Gasteiger partial charge in [0.05, 0.1) is 5.02 Å². The van der Waals surface area contributed by atoms with E-state index in [4.69, 9.17) is 16.7 Å². The summed E-state index contributed by atoms with van der Waals surface area (Å²) < 4.78 is 55.6. The van der Waals surface area contributed by atoms with Crippen LogP contribution in [0.25, 0.3) is 0 Å². The Kier molecular flexibility index (Phi) is 8.43. The number of piperidine rings is 2. The molecule has 5 nitrogen and oxygen atoms in total. The Bertz CT molecular complexity index is 1040. The van der Waals surface area contributed by atoms with Gasteiger partial charge in [-0.15, -0.1) is 0 Å². The van der Waals surface area contributed by atoms with Crippen molar-refractivity contribution in [3.05, 3.63) is 70.5 Å². The summed E-state index contributed by atoms with van der Waals surface area (Å²) in [4.78, 5) is 26.5. The molecule has 190 valence electrons. The lowest BCUT2D eigenvalue weighted by Crippen LogP contribution is -2.54. The Morgan fingerprint density at radius 3 is 2.34 bits per heavy atom. The third kappa shape index (κ3) is 5.62. The van der Waals surface area contributed by atoms with Crippen LogP contribution in [0.5, 0.6) is 0 Å². The predicted octanol–water partition coefficient (Wildman–Crippen LogP) is 4.65. The molecule has 2 aliphatic heterocycles. The minimum absolute atomic E-state index is 0.0160. The molecular weight excluding hydrogens is 488 g/mol. The van der Waals surface area contributed by atoms with Crippen LogP contribution in [0.2, 0.25) is 5.02 Å². The van der Waals surface area contributed by atoms with E-state index in [0.717, 1.165) is 7.11 Å². The second-order valence-electron chi connectivity index (χ2n) is 8.75. The summed E-state index contributed by atoms with van der Waals surface area (Å²) >= 11 is 6.23. The lowest BCUT2D eigenvalue weighted by atomic mass is 9.62. The van der Waals surface area contributed by atoms with Crippen LogP contribution in [0.1, 0.15) is 42.2 Å². The first kappa shape index (κ1) is 26.9. The molecule has 2 aromatic rings. The number of amides is 2.